The Hall–Kier alpha value is -2.17. The monoisotopic (exact) mass is 317 g/mol. The lowest BCUT2D eigenvalue weighted by Crippen LogP contribution is -2.37. The quantitative estimate of drug-likeness (QED) is 0.782. The maximum atomic E-state index is 11.6. The van der Waals surface area contributed by atoms with E-state index in [1.165, 1.54) is 5.57 Å². The van der Waals surface area contributed by atoms with Crippen molar-refractivity contribution < 1.29 is 19.0 Å². The van der Waals surface area contributed by atoms with E-state index in [4.69, 9.17) is 14.2 Å². The summed E-state index contributed by atoms with van der Waals surface area (Å²) in [6.45, 7) is 3.63. The molecule has 0 radical (unpaired) electrons. The van der Waals surface area contributed by atoms with Crippen molar-refractivity contribution in [3.63, 3.8) is 0 Å². The number of ether oxygens (including phenoxy) is 3. The summed E-state index contributed by atoms with van der Waals surface area (Å²) < 4.78 is 16.1. The first kappa shape index (κ1) is 15.7. The summed E-state index contributed by atoms with van der Waals surface area (Å²) in [4.78, 5) is 13.8. The Bertz CT molecular complexity index is 625. The zero-order valence-corrected chi connectivity index (χ0v) is 13.9. The second kappa shape index (κ2) is 6.52. The van der Waals surface area contributed by atoms with Gasteiger partial charge in [0.1, 0.15) is 6.10 Å². The van der Waals surface area contributed by atoms with E-state index in [0.717, 1.165) is 36.6 Å². The summed E-state index contributed by atoms with van der Waals surface area (Å²) in [5, 5.41) is 0. The van der Waals surface area contributed by atoms with Gasteiger partial charge in [-0.2, -0.15) is 0 Å². The number of hydrogen-bond acceptors (Lipinski definition) is 5. The number of esters is 1. The van der Waals surface area contributed by atoms with Gasteiger partial charge < -0.3 is 19.1 Å². The molecule has 23 heavy (non-hydrogen) atoms. The number of benzene rings is 1. The van der Waals surface area contributed by atoms with Crippen LogP contribution in [0.5, 0.6) is 11.5 Å². The molecular weight excluding hydrogens is 294 g/mol. The molecule has 1 aromatic rings. The average molecular weight is 317 g/mol. The summed E-state index contributed by atoms with van der Waals surface area (Å²) in [6, 6.07) is 5.94. The predicted molar refractivity (Wildman–Crippen MR) is 86.3 cm³/mol. The van der Waals surface area contributed by atoms with Gasteiger partial charge in [0, 0.05) is 12.5 Å². The van der Waals surface area contributed by atoms with Crippen LogP contribution < -0.4 is 9.47 Å². The smallest absolute Gasteiger partial charge is 0.306 e. The van der Waals surface area contributed by atoms with Gasteiger partial charge in [-0.15, -0.1) is 0 Å². The Kier molecular flexibility index (Phi) is 4.46. The van der Waals surface area contributed by atoms with Gasteiger partial charge in [0.05, 0.1) is 27.2 Å². The molecule has 0 aliphatic carbocycles. The molecule has 1 fully saturated rings. The summed E-state index contributed by atoms with van der Waals surface area (Å²) >= 11 is 0. The first-order valence-electron chi connectivity index (χ1n) is 7.99. The van der Waals surface area contributed by atoms with E-state index in [-0.39, 0.29) is 18.0 Å². The molecule has 0 bridgehead atoms. The van der Waals surface area contributed by atoms with Crippen LogP contribution >= 0.6 is 0 Å². The van der Waals surface area contributed by atoms with Gasteiger partial charge in [0.15, 0.2) is 11.5 Å². The fraction of sp³-hybridized carbons (Fsp3) is 0.500. The van der Waals surface area contributed by atoms with Crippen LogP contribution in [0.2, 0.25) is 0 Å². The molecule has 0 saturated carbocycles. The normalized spacial score (nSPS) is 23.2. The van der Waals surface area contributed by atoms with Crippen LogP contribution in [0.25, 0.3) is 0 Å². The molecule has 1 saturated heterocycles. The average Bonchev–Trinajstić information content (AvgIpc) is 2.94. The van der Waals surface area contributed by atoms with Gasteiger partial charge in [-0.05, 0) is 35.9 Å². The minimum Gasteiger partial charge on any atom is -0.493 e. The van der Waals surface area contributed by atoms with Gasteiger partial charge in [-0.3, -0.25) is 4.79 Å². The molecule has 1 aromatic carbocycles. The molecule has 0 aromatic heterocycles. The molecule has 2 aliphatic heterocycles. The molecule has 2 atom stereocenters. The lowest BCUT2D eigenvalue weighted by atomic mass is 9.88. The molecule has 2 aliphatic rings. The maximum absolute atomic E-state index is 11.6. The zero-order chi connectivity index (χ0) is 16.4. The number of carbonyl (C=O) groups is 1. The second-order valence-corrected chi connectivity index (χ2v) is 6.02. The van der Waals surface area contributed by atoms with Crippen molar-refractivity contribution in [3.05, 3.63) is 35.5 Å². The van der Waals surface area contributed by atoms with Crippen molar-refractivity contribution in [1.29, 1.82) is 0 Å². The maximum Gasteiger partial charge on any atom is 0.306 e. The third-order valence-corrected chi connectivity index (χ3v) is 4.60. The molecule has 124 valence electrons. The van der Waals surface area contributed by atoms with Crippen LogP contribution in [0.3, 0.4) is 0 Å². The van der Waals surface area contributed by atoms with E-state index in [0.29, 0.717) is 6.42 Å². The highest BCUT2D eigenvalue weighted by atomic mass is 16.6. The van der Waals surface area contributed by atoms with Gasteiger partial charge in [-0.25, -0.2) is 0 Å². The highest BCUT2D eigenvalue weighted by Crippen LogP contribution is 2.36. The number of methoxy groups -OCH3 is 2. The lowest BCUT2D eigenvalue weighted by molar-refractivity contribution is -0.142. The molecule has 0 N–H and O–H groups in total. The predicted octanol–water partition coefficient (Wildman–Crippen LogP) is 2.75. The molecule has 0 unspecified atom stereocenters. The Morgan fingerprint density at radius 1 is 1.26 bits per heavy atom. The minimum atomic E-state index is -0.0766. The number of hydrogen-bond donors (Lipinski definition) is 0. The lowest BCUT2D eigenvalue weighted by Gasteiger charge is -2.33. The van der Waals surface area contributed by atoms with E-state index in [1.807, 2.05) is 18.2 Å². The fourth-order valence-corrected chi connectivity index (χ4v) is 3.44. The van der Waals surface area contributed by atoms with Crippen molar-refractivity contribution in [2.45, 2.75) is 32.4 Å². The van der Waals surface area contributed by atoms with Crippen LogP contribution in [0.15, 0.2) is 30.0 Å². The molecule has 3 rings (SSSR count). The van der Waals surface area contributed by atoms with Crippen molar-refractivity contribution in [2.75, 3.05) is 20.8 Å². The first-order chi connectivity index (χ1) is 11.1. The number of fused-ring (bicyclic) bond motifs is 1. The van der Waals surface area contributed by atoms with E-state index < -0.39 is 0 Å². The Balaban J connectivity index is 1.78. The summed E-state index contributed by atoms with van der Waals surface area (Å²) in [7, 11) is 3.27. The molecular formula is C18H23NO4. The van der Waals surface area contributed by atoms with Crippen LogP contribution in [0.4, 0.5) is 0 Å². The topological polar surface area (TPSA) is 48.0 Å². The first-order valence-corrected chi connectivity index (χ1v) is 7.99. The molecule has 5 nitrogen and oxygen atoms in total. The molecule has 2 heterocycles. The van der Waals surface area contributed by atoms with E-state index in [9.17, 15) is 4.79 Å². The zero-order valence-electron chi connectivity index (χ0n) is 13.9. The third kappa shape index (κ3) is 3.14. The SMILES string of the molecule is CCC1=CN(Cc2ccc(OC)c(OC)c2)C[C@@H]2OC(=O)C[C@H]12. The Labute approximate surface area is 136 Å². The molecule has 5 heteroatoms. The van der Waals surface area contributed by atoms with Gasteiger partial charge in [0.2, 0.25) is 0 Å². The van der Waals surface area contributed by atoms with Gasteiger partial charge >= 0.3 is 5.97 Å². The summed E-state index contributed by atoms with van der Waals surface area (Å²) in [6.07, 6.45) is 3.65. The van der Waals surface area contributed by atoms with Crippen molar-refractivity contribution in [1.82, 2.24) is 4.90 Å². The van der Waals surface area contributed by atoms with E-state index in [1.54, 1.807) is 14.2 Å². The van der Waals surface area contributed by atoms with Crippen LogP contribution in [0.1, 0.15) is 25.3 Å². The standard InChI is InChI=1S/C18H23NO4/c1-4-13-10-19(11-17-14(13)8-18(20)23-17)9-12-5-6-15(21-2)16(7-12)22-3/h5-7,10,14,17H,4,8-9,11H2,1-3H3/t14-,17+/m1/s1. The van der Waals surface area contributed by atoms with E-state index in [2.05, 4.69) is 18.0 Å². The Morgan fingerprint density at radius 2 is 2.04 bits per heavy atom. The van der Waals surface area contributed by atoms with Gasteiger partial charge in [0.25, 0.3) is 0 Å². The van der Waals surface area contributed by atoms with Crippen LogP contribution in [0, 0.1) is 5.92 Å². The summed E-state index contributed by atoms with van der Waals surface area (Å²) in [5.74, 6) is 1.64. The largest absolute Gasteiger partial charge is 0.493 e. The van der Waals surface area contributed by atoms with Crippen molar-refractivity contribution in [3.8, 4) is 11.5 Å². The third-order valence-electron chi connectivity index (χ3n) is 4.60. The highest BCUT2D eigenvalue weighted by Gasteiger charge is 2.40. The van der Waals surface area contributed by atoms with Crippen LogP contribution in [-0.4, -0.2) is 37.7 Å². The highest BCUT2D eigenvalue weighted by molar-refractivity contribution is 5.73. The van der Waals surface area contributed by atoms with Crippen molar-refractivity contribution in [2.24, 2.45) is 5.92 Å². The van der Waals surface area contributed by atoms with E-state index >= 15 is 0 Å². The molecule has 0 spiro atoms. The number of rotatable bonds is 5. The number of nitrogens with zero attached hydrogens (tertiary/aromatic N) is 1. The Morgan fingerprint density at radius 3 is 2.74 bits per heavy atom. The van der Waals surface area contributed by atoms with Gasteiger partial charge in [-0.1, -0.05) is 13.0 Å². The molecule has 0 amide bonds. The minimum absolute atomic E-state index is 0.0115. The van der Waals surface area contributed by atoms with Crippen molar-refractivity contribution >= 4 is 5.97 Å². The van der Waals surface area contributed by atoms with Crippen LogP contribution in [-0.2, 0) is 16.1 Å². The fourth-order valence-electron chi connectivity index (χ4n) is 3.44. The number of carbonyl (C=O) groups excluding carboxylic acids is 1. The second-order valence-electron chi connectivity index (χ2n) is 6.02. The summed E-state index contributed by atoms with van der Waals surface area (Å²) in [5.41, 5.74) is 2.43.